The topological polar surface area (TPSA) is 78.9 Å². The number of hydrogen-bond donors (Lipinski definition) is 0. The number of carbonyl (C=O) groups excluding carboxylic acids is 3. The molecule has 6 nitrogen and oxygen atoms in total. The largest absolute Gasteiger partial charge is 0.469 e. The van der Waals surface area contributed by atoms with Gasteiger partial charge in [-0.1, -0.05) is 6.92 Å². The highest BCUT2D eigenvalue weighted by Crippen LogP contribution is 2.26. The van der Waals surface area contributed by atoms with E-state index in [0.29, 0.717) is 26.2 Å². The molecule has 0 aromatic heterocycles. The van der Waals surface area contributed by atoms with Crippen molar-refractivity contribution in [3.8, 4) is 0 Å². The van der Waals surface area contributed by atoms with Crippen molar-refractivity contribution in [1.82, 2.24) is 0 Å². The Balaban J connectivity index is 2.06. The molecule has 0 spiro atoms. The molecule has 0 bridgehead atoms. The first-order valence-electron chi connectivity index (χ1n) is 6.27. The fraction of sp³-hybridized carbons (Fsp3) is 0.769. The second-order valence-corrected chi connectivity index (χ2v) is 5.11. The Bertz CT molecular complexity index is 345. The maximum Gasteiger partial charge on any atom is 0.313 e. The molecule has 0 radical (unpaired) electrons. The minimum absolute atomic E-state index is 0.0592. The molecule has 1 aliphatic rings. The summed E-state index contributed by atoms with van der Waals surface area (Å²) in [5, 5.41) is 0. The molecule has 1 saturated heterocycles. The van der Waals surface area contributed by atoms with Crippen LogP contribution >= 0.6 is 0 Å². The summed E-state index contributed by atoms with van der Waals surface area (Å²) in [6.07, 6.45) is 0.525. The van der Waals surface area contributed by atoms with Crippen molar-refractivity contribution >= 4 is 17.7 Å². The molecule has 108 valence electrons. The van der Waals surface area contributed by atoms with Crippen LogP contribution in [-0.2, 0) is 28.6 Å². The first-order chi connectivity index (χ1) is 8.95. The van der Waals surface area contributed by atoms with E-state index in [4.69, 9.17) is 9.47 Å². The van der Waals surface area contributed by atoms with Gasteiger partial charge >= 0.3 is 11.9 Å². The lowest BCUT2D eigenvalue weighted by Gasteiger charge is -2.37. The van der Waals surface area contributed by atoms with Crippen molar-refractivity contribution in [2.75, 3.05) is 26.9 Å². The maximum absolute atomic E-state index is 11.4. The third-order valence-corrected chi connectivity index (χ3v) is 2.89. The number of methoxy groups -OCH3 is 1. The van der Waals surface area contributed by atoms with Gasteiger partial charge in [-0.3, -0.25) is 14.4 Å². The zero-order valence-corrected chi connectivity index (χ0v) is 11.4. The molecule has 19 heavy (non-hydrogen) atoms. The van der Waals surface area contributed by atoms with E-state index in [9.17, 15) is 14.4 Å². The molecule has 1 heterocycles. The normalized spacial score (nSPS) is 16.3. The van der Waals surface area contributed by atoms with E-state index in [-0.39, 0.29) is 36.4 Å². The van der Waals surface area contributed by atoms with Crippen LogP contribution < -0.4 is 0 Å². The average Bonchev–Trinajstić information content (AvgIpc) is 2.33. The average molecular weight is 272 g/mol. The molecule has 0 unspecified atom stereocenters. The van der Waals surface area contributed by atoms with Gasteiger partial charge in [0, 0.05) is 18.3 Å². The zero-order valence-electron chi connectivity index (χ0n) is 11.4. The molecular formula is C13H20O6. The van der Waals surface area contributed by atoms with Crippen LogP contribution in [0.15, 0.2) is 0 Å². The van der Waals surface area contributed by atoms with Crippen molar-refractivity contribution in [2.24, 2.45) is 5.41 Å². The Morgan fingerprint density at radius 1 is 1.16 bits per heavy atom. The van der Waals surface area contributed by atoms with Crippen LogP contribution in [-0.4, -0.2) is 44.7 Å². The number of ketones is 1. The van der Waals surface area contributed by atoms with Crippen molar-refractivity contribution < 1.29 is 28.6 Å². The highest BCUT2D eigenvalue weighted by Gasteiger charge is 2.34. The zero-order chi connectivity index (χ0) is 14.3. The summed E-state index contributed by atoms with van der Waals surface area (Å²) >= 11 is 0. The fourth-order valence-electron chi connectivity index (χ4n) is 1.61. The number of esters is 2. The van der Waals surface area contributed by atoms with Gasteiger partial charge in [0.1, 0.15) is 18.8 Å². The first-order valence-corrected chi connectivity index (χ1v) is 6.27. The first kappa shape index (κ1) is 15.6. The van der Waals surface area contributed by atoms with Crippen molar-refractivity contribution in [3.05, 3.63) is 0 Å². The van der Waals surface area contributed by atoms with E-state index in [1.165, 1.54) is 7.11 Å². The third-order valence-electron chi connectivity index (χ3n) is 2.89. The highest BCUT2D eigenvalue weighted by atomic mass is 16.5. The lowest BCUT2D eigenvalue weighted by Crippen LogP contribution is -2.44. The van der Waals surface area contributed by atoms with Gasteiger partial charge in [-0.25, -0.2) is 0 Å². The van der Waals surface area contributed by atoms with Crippen molar-refractivity contribution in [3.63, 3.8) is 0 Å². The summed E-state index contributed by atoms with van der Waals surface area (Å²) in [5.74, 6) is -1.09. The van der Waals surface area contributed by atoms with E-state index in [1.54, 1.807) is 0 Å². The molecule has 0 atom stereocenters. The Kier molecular flexibility index (Phi) is 5.95. The lowest BCUT2D eigenvalue weighted by atomic mass is 9.90. The summed E-state index contributed by atoms with van der Waals surface area (Å²) in [5.41, 5.74) is -0.0592. The van der Waals surface area contributed by atoms with Crippen LogP contribution in [0.1, 0.15) is 32.6 Å². The summed E-state index contributed by atoms with van der Waals surface area (Å²) in [6.45, 7) is 3.56. The molecule has 0 saturated carbocycles. The summed E-state index contributed by atoms with van der Waals surface area (Å²) in [6, 6.07) is 0. The minimum Gasteiger partial charge on any atom is -0.469 e. The molecule has 0 aromatic rings. The number of Topliss-reactive ketones (excluding diaryl/α,β-unsaturated/α-hetero) is 1. The molecular weight excluding hydrogens is 252 g/mol. The van der Waals surface area contributed by atoms with Gasteiger partial charge in [0.15, 0.2) is 0 Å². The molecule has 0 N–H and O–H groups in total. The van der Waals surface area contributed by atoms with Gasteiger partial charge in [-0.05, 0) is 6.42 Å². The van der Waals surface area contributed by atoms with Crippen LogP contribution in [0, 0.1) is 5.41 Å². The lowest BCUT2D eigenvalue weighted by molar-refractivity contribution is -0.165. The smallest absolute Gasteiger partial charge is 0.313 e. The summed E-state index contributed by atoms with van der Waals surface area (Å²) < 4.78 is 14.5. The predicted molar refractivity (Wildman–Crippen MR) is 65.4 cm³/mol. The van der Waals surface area contributed by atoms with Gasteiger partial charge in [0.2, 0.25) is 0 Å². The van der Waals surface area contributed by atoms with Gasteiger partial charge in [-0.2, -0.15) is 0 Å². The molecule has 1 rings (SSSR count). The van der Waals surface area contributed by atoms with E-state index < -0.39 is 5.97 Å². The standard InChI is InChI=1S/C13H20O6/c1-13(7-18-8-13)9-19-11(15)5-3-4-10(14)6-12(16)17-2/h3-9H2,1-2H3. The maximum atomic E-state index is 11.4. The third kappa shape index (κ3) is 5.83. The highest BCUT2D eigenvalue weighted by molar-refractivity contribution is 5.95. The minimum atomic E-state index is -0.550. The van der Waals surface area contributed by atoms with Crippen molar-refractivity contribution in [2.45, 2.75) is 32.6 Å². The Hall–Kier alpha value is -1.43. The molecule has 1 aliphatic heterocycles. The van der Waals surface area contributed by atoms with E-state index in [0.717, 1.165) is 0 Å². The SMILES string of the molecule is COC(=O)CC(=O)CCCC(=O)OCC1(C)COC1. The monoisotopic (exact) mass is 272 g/mol. The van der Waals surface area contributed by atoms with Crippen LogP contribution in [0.5, 0.6) is 0 Å². The molecule has 0 aliphatic carbocycles. The van der Waals surface area contributed by atoms with Crippen LogP contribution in [0.2, 0.25) is 0 Å². The quantitative estimate of drug-likeness (QED) is 0.482. The molecule has 0 aromatic carbocycles. The van der Waals surface area contributed by atoms with Gasteiger partial charge < -0.3 is 14.2 Å². The summed E-state index contributed by atoms with van der Waals surface area (Å²) in [7, 11) is 1.23. The van der Waals surface area contributed by atoms with E-state index >= 15 is 0 Å². The molecule has 6 heteroatoms. The Labute approximate surface area is 112 Å². The van der Waals surface area contributed by atoms with Crippen LogP contribution in [0.4, 0.5) is 0 Å². The second-order valence-electron chi connectivity index (χ2n) is 5.11. The Morgan fingerprint density at radius 2 is 1.84 bits per heavy atom. The van der Waals surface area contributed by atoms with Crippen LogP contribution in [0.3, 0.4) is 0 Å². The van der Waals surface area contributed by atoms with E-state index in [1.807, 2.05) is 6.92 Å². The molecule has 0 amide bonds. The molecule has 1 fully saturated rings. The van der Waals surface area contributed by atoms with Crippen molar-refractivity contribution in [1.29, 1.82) is 0 Å². The van der Waals surface area contributed by atoms with E-state index in [2.05, 4.69) is 4.74 Å². The summed E-state index contributed by atoms with van der Waals surface area (Å²) in [4.78, 5) is 33.5. The second kappa shape index (κ2) is 7.23. The number of carbonyl (C=O) groups is 3. The van der Waals surface area contributed by atoms with Crippen LogP contribution in [0.25, 0.3) is 0 Å². The predicted octanol–water partition coefficient (Wildman–Crippen LogP) is 0.869. The fourth-order valence-corrected chi connectivity index (χ4v) is 1.61. The number of rotatable bonds is 8. The van der Waals surface area contributed by atoms with Gasteiger partial charge in [0.25, 0.3) is 0 Å². The number of ether oxygens (including phenoxy) is 3. The number of hydrogen-bond acceptors (Lipinski definition) is 6. The van der Waals surface area contributed by atoms with Gasteiger partial charge in [0.05, 0.1) is 20.3 Å². The Morgan fingerprint density at radius 3 is 2.37 bits per heavy atom. The van der Waals surface area contributed by atoms with Gasteiger partial charge in [-0.15, -0.1) is 0 Å².